The fraction of sp³-hybridized carbons (Fsp3) is 0.571. The molecule has 0 bridgehead atoms. The predicted octanol–water partition coefficient (Wildman–Crippen LogP) is 2.70. The molecule has 1 aromatic carbocycles. The minimum atomic E-state index is -0.292. The summed E-state index contributed by atoms with van der Waals surface area (Å²) >= 11 is 6.12. The largest absolute Gasteiger partial charge is 0.377 e. The predicted molar refractivity (Wildman–Crippen MR) is 78.1 cm³/mol. The molecule has 2 atom stereocenters. The van der Waals surface area contributed by atoms with Gasteiger partial charge in [-0.2, -0.15) is 0 Å². The molecule has 106 valence electrons. The molecular weight excluding hydrogens is 265 g/mol. The summed E-state index contributed by atoms with van der Waals surface area (Å²) in [7, 11) is 2.11. The third-order valence-corrected chi connectivity index (χ3v) is 4.43. The lowest BCUT2D eigenvalue weighted by Gasteiger charge is -2.45. The van der Waals surface area contributed by atoms with Crippen molar-refractivity contribution in [3.63, 3.8) is 0 Å². The van der Waals surface area contributed by atoms with Crippen LogP contribution < -0.4 is 11.1 Å². The minimum Gasteiger partial charge on any atom is -0.377 e. The molecule has 3 nitrogen and oxygen atoms in total. The quantitative estimate of drug-likeness (QED) is 0.897. The summed E-state index contributed by atoms with van der Waals surface area (Å²) in [5.74, 6) is -0.292. The van der Waals surface area contributed by atoms with Crippen LogP contribution in [0.2, 0.25) is 5.02 Å². The maximum atomic E-state index is 13.3. The first-order chi connectivity index (χ1) is 8.96. The first-order valence-electron chi connectivity index (χ1n) is 6.59. The van der Waals surface area contributed by atoms with E-state index in [1.807, 2.05) is 0 Å². The van der Waals surface area contributed by atoms with Crippen molar-refractivity contribution in [2.75, 3.05) is 25.5 Å². The minimum absolute atomic E-state index is 0.205. The second-order valence-electron chi connectivity index (χ2n) is 5.52. The van der Waals surface area contributed by atoms with E-state index in [2.05, 4.69) is 24.2 Å². The Labute approximate surface area is 118 Å². The van der Waals surface area contributed by atoms with Crippen LogP contribution in [0.25, 0.3) is 0 Å². The van der Waals surface area contributed by atoms with Gasteiger partial charge in [-0.3, -0.25) is 0 Å². The summed E-state index contributed by atoms with van der Waals surface area (Å²) in [6, 6.07) is 4.81. The van der Waals surface area contributed by atoms with E-state index in [4.69, 9.17) is 17.3 Å². The fourth-order valence-electron chi connectivity index (χ4n) is 2.66. The van der Waals surface area contributed by atoms with Crippen LogP contribution in [-0.4, -0.2) is 36.6 Å². The average Bonchev–Trinajstić information content (AvgIpc) is 2.38. The van der Waals surface area contributed by atoms with E-state index >= 15 is 0 Å². The Bertz CT molecular complexity index is 454. The van der Waals surface area contributed by atoms with E-state index < -0.39 is 0 Å². The molecule has 1 heterocycles. The van der Waals surface area contributed by atoms with Gasteiger partial charge in [0.25, 0.3) is 0 Å². The molecule has 2 unspecified atom stereocenters. The first kappa shape index (κ1) is 14.6. The van der Waals surface area contributed by atoms with E-state index in [0.717, 1.165) is 19.4 Å². The number of nitrogens with two attached hydrogens (primary N) is 1. The Morgan fingerprint density at radius 2 is 2.32 bits per heavy atom. The highest BCUT2D eigenvalue weighted by atomic mass is 35.5. The van der Waals surface area contributed by atoms with Gasteiger partial charge in [0.15, 0.2) is 0 Å². The topological polar surface area (TPSA) is 41.3 Å². The van der Waals surface area contributed by atoms with Crippen LogP contribution in [0, 0.1) is 5.82 Å². The highest BCUT2D eigenvalue weighted by Gasteiger charge is 2.36. The molecule has 0 spiro atoms. The molecule has 0 aliphatic carbocycles. The molecule has 1 saturated heterocycles. The van der Waals surface area contributed by atoms with Crippen LogP contribution in [0.15, 0.2) is 18.2 Å². The zero-order valence-electron chi connectivity index (χ0n) is 11.4. The molecule has 1 aliphatic heterocycles. The van der Waals surface area contributed by atoms with Gasteiger partial charge in [0.1, 0.15) is 5.82 Å². The Morgan fingerprint density at radius 1 is 1.58 bits per heavy atom. The van der Waals surface area contributed by atoms with Crippen molar-refractivity contribution >= 4 is 17.3 Å². The molecule has 5 heteroatoms. The number of rotatable bonds is 3. The van der Waals surface area contributed by atoms with E-state index in [1.165, 1.54) is 12.1 Å². The van der Waals surface area contributed by atoms with Crippen LogP contribution in [0.4, 0.5) is 10.1 Å². The normalized spacial score (nSPS) is 28.4. The monoisotopic (exact) mass is 285 g/mol. The van der Waals surface area contributed by atoms with E-state index in [1.54, 1.807) is 6.07 Å². The first-order valence-corrected chi connectivity index (χ1v) is 6.97. The number of anilines is 1. The van der Waals surface area contributed by atoms with Crippen LogP contribution in [-0.2, 0) is 0 Å². The highest BCUT2D eigenvalue weighted by molar-refractivity contribution is 6.33. The summed E-state index contributed by atoms with van der Waals surface area (Å²) in [6.07, 6.45) is 1.85. The van der Waals surface area contributed by atoms with E-state index in [9.17, 15) is 4.39 Å². The Hall–Kier alpha value is -0.840. The van der Waals surface area contributed by atoms with Crippen molar-refractivity contribution in [3.05, 3.63) is 29.0 Å². The van der Waals surface area contributed by atoms with Gasteiger partial charge in [0.05, 0.1) is 16.2 Å². The van der Waals surface area contributed by atoms with Crippen molar-refractivity contribution in [3.8, 4) is 0 Å². The molecule has 0 radical (unpaired) electrons. The maximum Gasteiger partial charge on any atom is 0.125 e. The lowest BCUT2D eigenvalue weighted by molar-refractivity contribution is 0.147. The van der Waals surface area contributed by atoms with Gasteiger partial charge in [-0.15, -0.1) is 0 Å². The van der Waals surface area contributed by atoms with E-state index in [-0.39, 0.29) is 11.4 Å². The molecule has 0 amide bonds. The third kappa shape index (κ3) is 3.19. The number of nitrogens with one attached hydrogen (secondary N) is 1. The third-order valence-electron chi connectivity index (χ3n) is 4.10. The second kappa shape index (κ2) is 5.65. The number of hydrogen-bond acceptors (Lipinski definition) is 3. The lowest BCUT2D eigenvalue weighted by Crippen LogP contribution is -2.55. The van der Waals surface area contributed by atoms with Crippen LogP contribution >= 0.6 is 11.6 Å². The summed E-state index contributed by atoms with van der Waals surface area (Å²) in [5.41, 5.74) is 6.39. The molecular formula is C14H21ClFN3. The lowest BCUT2D eigenvalue weighted by atomic mass is 9.83. The van der Waals surface area contributed by atoms with Crippen LogP contribution in [0.1, 0.15) is 19.8 Å². The maximum absolute atomic E-state index is 13.3. The summed E-state index contributed by atoms with van der Waals surface area (Å²) < 4.78 is 13.3. The van der Waals surface area contributed by atoms with Crippen molar-refractivity contribution in [1.29, 1.82) is 0 Å². The number of halogens is 2. The van der Waals surface area contributed by atoms with Gasteiger partial charge >= 0.3 is 0 Å². The Morgan fingerprint density at radius 3 is 2.95 bits per heavy atom. The number of likely N-dealkylation sites (tertiary alicyclic amines) is 1. The van der Waals surface area contributed by atoms with Crippen LogP contribution in [0.3, 0.4) is 0 Å². The smallest absolute Gasteiger partial charge is 0.125 e. The Kier molecular flexibility index (Phi) is 4.33. The number of hydrogen-bond donors (Lipinski definition) is 2. The van der Waals surface area contributed by atoms with Crippen molar-refractivity contribution in [1.82, 2.24) is 4.90 Å². The molecule has 1 fully saturated rings. The van der Waals surface area contributed by atoms with Crippen molar-refractivity contribution in [2.24, 2.45) is 5.73 Å². The molecule has 0 aromatic heterocycles. The standard InChI is InChI=1S/C14H21ClFN3/c1-10-8-14(9-17,5-6-19(10)2)18-13-7-11(16)3-4-12(13)15/h3-4,7,10,18H,5-6,8-9,17H2,1-2H3. The van der Waals surface area contributed by atoms with E-state index in [0.29, 0.717) is 23.3 Å². The van der Waals surface area contributed by atoms with Gasteiger partial charge in [-0.05, 0) is 45.0 Å². The fourth-order valence-corrected chi connectivity index (χ4v) is 2.83. The highest BCUT2D eigenvalue weighted by Crippen LogP contribution is 2.32. The van der Waals surface area contributed by atoms with Gasteiger partial charge in [-0.25, -0.2) is 4.39 Å². The van der Waals surface area contributed by atoms with Crippen molar-refractivity contribution in [2.45, 2.75) is 31.3 Å². The summed E-state index contributed by atoms with van der Waals surface area (Å²) in [5, 5.41) is 3.91. The average molecular weight is 286 g/mol. The van der Waals surface area contributed by atoms with Gasteiger partial charge in [-0.1, -0.05) is 11.6 Å². The SMILES string of the molecule is CC1CC(CN)(Nc2cc(F)ccc2Cl)CCN1C. The van der Waals surface area contributed by atoms with Gasteiger partial charge in [0, 0.05) is 19.1 Å². The number of piperidine rings is 1. The molecule has 1 aromatic rings. The van der Waals surface area contributed by atoms with Gasteiger partial charge < -0.3 is 16.0 Å². The summed E-state index contributed by atoms with van der Waals surface area (Å²) in [6.45, 7) is 3.66. The zero-order chi connectivity index (χ0) is 14.0. The number of benzene rings is 1. The number of nitrogens with zero attached hydrogens (tertiary/aromatic N) is 1. The molecule has 19 heavy (non-hydrogen) atoms. The second-order valence-corrected chi connectivity index (χ2v) is 5.92. The van der Waals surface area contributed by atoms with Crippen LogP contribution in [0.5, 0.6) is 0 Å². The molecule has 3 N–H and O–H groups in total. The Balaban J connectivity index is 2.21. The molecule has 2 rings (SSSR count). The molecule has 1 aliphatic rings. The summed E-state index contributed by atoms with van der Waals surface area (Å²) in [4.78, 5) is 2.31. The zero-order valence-corrected chi connectivity index (χ0v) is 12.2. The van der Waals surface area contributed by atoms with Crippen molar-refractivity contribution < 1.29 is 4.39 Å². The molecule has 0 saturated carbocycles. The van der Waals surface area contributed by atoms with Gasteiger partial charge in [0.2, 0.25) is 0 Å².